The Labute approximate surface area is 240 Å². The Morgan fingerprint density at radius 3 is 1.73 bits per heavy atom. The van der Waals surface area contributed by atoms with Gasteiger partial charge in [0.2, 0.25) is 5.91 Å². The Balaban J connectivity index is 1.43. The lowest BCUT2D eigenvalue weighted by atomic mass is 10.0. The Hall–Kier alpha value is -1.81. The average molecular weight is 566 g/mol. The summed E-state index contributed by atoms with van der Waals surface area (Å²) in [5.41, 5.74) is -0.726. The summed E-state index contributed by atoms with van der Waals surface area (Å²) in [5.74, 6) is -0.0552. The van der Waals surface area contributed by atoms with Crippen LogP contribution in [0.3, 0.4) is 0 Å². The number of aliphatic hydroxyl groups excluding tert-OH is 3. The molecule has 1 aliphatic heterocycles. The van der Waals surface area contributed by atoms with Gasteiger partial charge < -0.3 is 25.4 Å². The molecule has 1 amide bonds. The molecule has 0 aliphatic carbocycles. The third-order valence-corrected chi connectivity index (χ3v) is 7.90. The first-order chi connectivity index (χ1) is 19.5. The number of aromatic nitrogens is 2. The number of anilines is 1. The zero-order valence-corrected chi connectivity index (χ0v) is 24.8. The SMILES string of the molecule is CCCCCCCCCCCCCCCCCCCCCC(=O)Nc1ccn([C@@H]2O[C@H](CO)[C@@H](O)[C@H]2O)c(=O)n1. The first-order valence-electron chi connectivity index (χ1n) is 16.0. The van der Waals surface area contributed by atoms with Crippen LogP contribution in [0.5, 0.6) is 0 Å². The molecular weight excluding hydrogens is 510 g/mol. The van der Waals surface area contributed by atoms with Gasteiger partial charge in [0, 0.05) is 12.6 Å². The average Bonchev–Trinajstić information content (AvgIpc) is 3.23. The number of nitrogens with zero attached hydrogens (tertiary/aromatic N) is 2. The number of unbranched alkanes of at least 4 members (excludes halogenated alkanes) is 18. The van der Waals surface area contributed by atoms with E-state index in [4.69, 9.17) is 4.74 Å². The summed E-state index contributed by atoms with van der Waals surface area (Å²) >= 11 is 0. The monoisotopic (exact) mass is 565 g/mol. The Morgan fingerprint density at radius 2 is 1.30 bits per heavy atom. The number of ether oxygens (including phenoxy) is 1. The predicted molar refractivity (Wildman–Crippen MR) is 158 cm³/mol. The number of rotatable bonds is 23. The second-order valence-electron chi connectivity index (χ2n) is 11.4. The molecule has 1 aromatic heterocycles. The lowest BCUT2D eigenvalue weighted by Crippen LogP contribution is -2.36. The standard InChI is InChI=1S/C31H55N3O6/c1-2-3-4-5-6-7-8-9-10-11-12-13-14-15-16-17-18-19-20-21-27(36)32-26-22-23-34(31(39)33-26)30-29(38)28(37)25(24-35)40-30/h22-23,25,28-30,35,37-38H,2-21,24H2,1H3,(H,32,33,36,39)/t25-,28-,29-,30-/m1/s1. The number of carbonyl (C=O) groups is 1. The van der Waals surface area contributed by atoms with Crippen LogP contribution in [0, 0.1) is 0 Å². The molecule has 1 aliphatic rings. The van der Waals surface area contributed by atoms with E-state index in [1.165, 1.54) is 115 Å². The maximum Gasteiger partial charge on any atom is 0.351 e. The van der Waals surface area contributed by atoms with Crippen LogP contribution < -0.4 is 11.0 Å². The summed E-state index contributed by atoms with van der Waals surface area (Å²) in [6, 6.07) is 1.45. The van der Waals surface area contributed by atoms with E-state index >= 15 is 0 Å². The van der Waals surface area contributed by atoms with Crippen molar-refractivity contribution in [2.24, 2.45) is 0 Å². The minimum Gasteiger partial charge on any atom is -0.394 e. The number of amides is 1. The fourth-order valence-corrected chi connectivity index (χ4v) is 5.36. The number of nitrogens with one attached hydrogen (secondary N) is 1. The van der Waals surface area contributed by atoms with E-state index in [1.54, 1.807) is 0 Å². The van der Waals surface area contributed by atoms with Gasteiger partial charge in [0.15, 0.2) is 6.23 Å². The van der Waals surface area contributed by atoms with Gasteiger partial charge in [-0.15, -0.1) is 0 Å². The number of carbonyl (C=O) groups excluding carboxylic acids is 1. The van der Waals surface area contributed by atoms with Gasteiger partial charge in [-0.3, -0.25) is 9.36 Å². The van der Waals surface area contributed by atoms with Crippen molar-refractivity contribution in [3.63, 3.8) is 0 Å². The van der Waals surface area contributed by atoms with Gasteiger partial charge in [0.25, 0.3) is 0 Å². The number of hydrogen-bond donors (Lipinski definition) is 4. The highest BCUT2D eigenvalue weighted by Gasteiger charge is 2.43. The molecule has 0 unspecified atom stereocenters. The van der Waals surface area contributed by atoms with E-state index in [-0.39, 0.29) is 11.7 Å². The van der Waals surface area contributed by atoms with Gasteiger partial charge in [-0.2, -0.15) is 4.98 Å². The number of hydrogen-bond acceptors (Lipinski definition) is 7. The zero-order valence-electron chi connectivity index (χ0n) is 24.8. The molecule has 1 saturated heterocycles. The van der Waals surface area contributed by atoms with Gasteiger partial charge in [-0.25, -0.2) is 4.79 Å². The van der Waals surface area contributed by atoms with Crippen LogP contribution >= 0.6 is 0 Å². The van der Waals surface area contributed by atoms with Crippen LogP contribution in [0.1, 0.15) is 142 Å². The van der Waals surface area contributed by atoms with Crippen molar-refractivity contribution >= 4 is 11.7 Å². The number of aliphatic hydroxyl groups is 3. The smallest absolute Gasteiger partial charge is 0.351 e. The van der Waals surface area contributed by atoms with Gasteiger partial charge in [0.1, 0.15) is 24.1 Å². The maximum absolute atomic E-state index is 12.4. The van der Waals surface area contributed by atoms with E-state index in [2.05, 4.69) is 17.2 Å². The molecule has 40 heavy (non-hydrogen) atoms. The fraction of sp³-hybridized carbons (Fsp3) is 0.839. The minimum atomic E-state index is -1.37. The lowest BCUT2D eigenvalue weighted by molar-refractivity contribution is -0.116. The van der Waals surface area contributed by atoms with Gasteiger partial charge >= 0.3 is 5.69 Å². The fourth-order valence-electron chi connectivity index (χ4n) is 5.36. The normalized spacial score (nSPS) is 20.7. The van der Waals surface area contributed by atoms with Crippen LogP contribution in [0.15, 0.2) is 17.1 Å². The molecule has 1 aromatic rings. The van der Waals surface area contributed by atoms with Crippen LogP contribution in [-0.2, 0) is 9.53 Å². The Bertz CT molecular complexity index is 864. The Kier molecular flexibility index (Phi) is 18.0. The highest BCUT2D eigenvalue weighted by Crippen LogP contribution is 2.28. The molecule has 1 fully saturated rings. The molecule has 9 heteroatoms. The molecule has 0 bridgehead atoms. The lowest BCUT2D eigenvalue weighted by Gasteiger charge is -2.17. The highest BCUT2D eigenvalue weighted by atomic mass is 16.6. The van der Waals surface area contributed by atoms with Crippen LogP contribution in [0.2, 0.25) is 0 Å². The quantitative estimate of drug-likeness (QED) is 0.127. The minimum absolute atomic E-state index is 0.135. The molecule has 4 N–H and O–H groups in total. The van der Waals surface area contributed by atoms with Crippen LogP contribution in [0.4, 0.5) is 5.82 Å². The molecule has 2 rings (SSSR count). The van der Waals surface area contributed by atoms with Crippen molar-refractivity contribution in [1.82, 2.24) is 9.55 Å². The van der Waals surface area contributed by atoms with E-state index in [0.717, 1.165) is 23.8 Å². The molecule has 9 nitrogen and oxygen atoms in total. The van der Waals surface area contributed by atoms with Crippen molar-refractivity contribution < 1.29 is 24.9 Å². The molecule has 0 aromatic carbocycles. The maximum atomic E-state index is 12.4. The Morgan fingerprint density at radius 1 is 0.825 bits per heavy atom. The third kappa shape index (κ3) is 13.2. The van der Waals surface area contributed by atoms with Crippen molar-refractivity contribution in [1.29, 1.82) is 0 Å². The van der Waals surface area contributed by atoms with E-state index in [0.29, 0.717) is 6.42 Å². The largest absolute Gasteiger partial charge is 0.394 e. The molecule has 230 valence electrons. The zero-order chi connectivity index (χ0) is 29.0. The highest BCUT2D eigenvalue weighted by molar-refractivity contribution is 5.89. The molecule has 4 atom stereocenters. The third-order valence-electron chi connectivity index (χ3n) is 7.90. The van der Waals surface area contributed by atoms with Crippen molar-refractivity contribution in [3.05, 3.63) is 22.7 Å². The van der Waals surface area contributed by atoms with E-state index < -0.39 is 36.8 Å². The topological polar surface area (TPSA) is 134 Å². The molecule has 2 heterocycles. The van der Waals surface area contributed by atoms with E-state index in [9.17, 15) is 24.9 Å². The summed E-state index contributed by atoms with van der Waals surface area (Å²) in [6.45, 7) is 1.79. The summed E-state index contributed by atoms with van der Waals surface area (Å²) in [7, 11) is 0. The summed E-state index contributed by atoms with van der Waals surface area (Å²) < 4.78 is 6.40. The van der Waals surface area contributed by atoms with Crippen LogP contribution in [-0.4, -0.2) is 55.7 Å². The molecule has 0 spiro atoms. The second kappa shape index (κ2) is 21.0. The van der Waals surface area contributed by atoms with Crippen LogP contribution in [0.25, 0.3) is 0 Å². The second-order valence-corrected chi connectivity index (χ2v) is 11.4. The first kappa shape index (κ1) is 34.4. The predicted octanol–water partition coefficient (Wildman–Crippen LogP) is 5.62. The van der Waals surface area contributed by atoms with Crippen molar-refractivity contribution in [3.8, 4) is 0 Å². The molecular formula is C31H55N3O6. The van der Waals surface area contributed by atoms with Gasteiger partial charge in [-0.1, -0.05) is 122 Å². The molecule has 0 saturated carbocycles. The summed E-state index contributed by atoms with van der Waals surface area (Å²) in [6.07, 6.45) is 21.7. The summed E-state index contributed by atoms with van der Waals surface area (Å²) in [4.78, 5) is 28.4. The van der Waals surface area contributed by atoms with E-state index in [1.807, 2.05) is 0 Å². The summed E-state index contributed by atoms with van der Waals surface area (Å²) in [5, 5.41) is 31.8. The molecule has 0 radical (unpaired) electrons. The first-order valence-corrected chi connectivity index (χ1v) is 16.0. The van der Waals surface area contributed by atoms with Crippen molar-refractivity contribution in [2.75, 3.05) is 11.9 Å². The van der Waals surface area contributed by atoms with Gasteiger partial charge in [0.05, 0.1) is 6.61 Å². The van der Waals surface area contributed by atoms with Gasteiger partial charge in [-0.05, 0) is 12.5 Å². The van der Waals surface area contributed by atoms with Crippen molar-refractivity contribution in [2.45, 2.75) is 160 Å².